The van der Waals surface area contributed by atoms with Gasteiger partial charge in [-0.25, -0.2) is 0 Å². The minimum Gasteiger partial charge on any atom is -0.456 e. The van der Waals surface area contributed by atoms with Crippen molar-refractivity contribution in [3.63, 3.8) is 0 Å². The first kappa shape index (κ1) is 9.16. The molecule has 1 aromatic carbocycles. The second-order valence-corrected chi connectivity index (χ2v) is 4.08. The lowest BCUT2D eigenvalue weighted by atomic mass is 10.1. The van der Waals surface area contributed by atoms with Gasteiger partial charge in [0.1, 0.15) is 11.3 Å². The molecular weight excluding hydrogens is 198 g/mol. The normalized spacial score (nSPS) is 11.1. The molecule has 0 saturated heterocycles. The predicted octanol–water partition coefficient (Wildman–Crippen LogP) is 1.51. The Morgan fingerprint density at radius 1 is 1.00 bits per heavy atom. The summed E-state index contributed by atoms with van der Waals surface area (Å²) >= 11 is 0. The number of nitrogens with two attached hydrogens (primary N) is 1. The number of rotatable bonds is 0. The lowest BCUT2D eigenvalue weighted by Crippen LogP contribution is -2.44. The van der Waals surface area contributed by atoms with Crippen LogP contribution in [0.1, 0.15) is 5.56 Å². The number of hydrogen-bond acceptors (Lipinski definition) is 1. The summed E-state index contributed by atoms with van der Waals surface area (Å²) in [5, 5.41) is 7.58. The van der Waals surface area contributed by atoms with Crippen LogP contribution in [-0.2, 0) is 0 Å². The number of aryl methyl sites for hydroxylation is 1. The molecule has 78 valence electrons. The van der Waals surface area contributed by atoms with Gasteiger partial charge in [-0.1, -0.05) is 12.1 Å². The van der Waals surface area contributed by atoms with E-state index >= 15 is 0 Å². The minimum absolute atomic E-state index is 0.725. The van der Waals surface area contributed by atoms with Gasteiger partial charge in [0.25, 0.3) is 0 Å². The van der Waals surface area contributed by atoms with Gasteiger partial charge >= 0.3 is 0 Å². The molecule has 2 aliphatic rings. The van der Waals surface area contributed by atoms with Gasteiger partial charge in [-0.15, -0.1) is 0 Å². The standard InChI is InChI=1S/C14H11NO/c1-9-2-3-10-7-11-4-5-12(15)8-14(11)16-13(10)6-9/h2-8,15H,1H3/p+1. The second kappa shape index (κ2) is 3.20. The summed E-state index contributed by atoms with van der Waals surface area (Å²) in [6.07, 6.45) is 0. The van der Waals surface area contributed by atoms with Crippen molar-refractivity contribution in [3.05, 3.63) is 53.4 Å². The third-order valence-corrected chi connectivity index (χ3v) is 2.74. The van der Waals surface area contributed by atoms with Crippen LogP contribution in [0.5, 0.6) is 0 Å². The van der Waals surface area contributed by atoms with Crippen LogP contribution in [-0.4, -0.2) is 0 Å². The van der Waals surface area contributed by atoms with Gasteiger partial charge in [0.15, 0.2) is 5.36 Å². The molecule has 16 heavy (non-hydrogen) atoms. The maximum atomic E-state index is 5.83. The topological polar surface area (TPSA) is 38.7 Å². The summed E-state index contributed by atoms with van der Waals surface area (Å²) in [5.41, 5.74) is 3.17. The molecule has 0 saturated carbocycles. The molecule has 0 unspecified atom stereocenters. The molecule has 3 rings (SSSR count). The third kappa shape index (κ3) is 1.39. The van der Waals surface area contributed by atoms with E-state index < -0.39 is 0 Å². The zero-order chi connectivity index (χ0) is 11.1. The minimum atomic E-state index is 0.725. The Balaban J connectivity index is 2.46. The fraction of sp³-hybridized carbons (Fsp3) is 0.0714. The molecule has 0 aromatic heterocycles. The molecule has 2 heteroatoms. The molecule has 2 nitrogen and oxygen atoms in total. The quantitative estimate of drug-likeness (QED) is 0.561. The highest BCUT2D eigenvalue weighted by molar-refractivity contribution is 5.83. The summed E-state index contributed by atoms with van der Waals surface area (Å²) < 4.78 is 5.83. The van der Waals surface area contributed by atoms with Gasteiger partial charge in [0, 0.05) is 17.0 Å². The highest BCUT2D eigenvalue weighted by Gasteiger charge is 2.07. The van der Waals surface area contributed by atoms with E-state index in [9.17, 15) is 0 Å². The molecular formula is C14H12NO+. The average molecular weight is 210 g/mol. The third-order valence-electron chi connectivity index (χ3n) is 2.74. The summed E-state index contributed by atoms with van der Waals surface area (Å²) in [7, 11) is 0. The van der Waals surface area contributed by atoms with Crippen molar-refractivity contribution in [2.75, 3.05) is 0 Å². The highest BCUT2D eigenvalue weighted by atomic mass is 16.3. The van der Waals surface area contributed by atoms with Crippen molar-refractivity contribution in [2.45, 2.75) is 6.92 Å². The first-order valence-corrected chi connectivity index (χ1v) is 5.25. The van der Waals surface area contributed by atoms with Gasteiger partial charge in [-0.3, -0.25) is 5.41 Å². The van der Waals surface area contributed by atoms with Crippen LogP contribution in [0.3, 0.4) is 0 Å². The second-order valence-electron chi connectivity index (χ2n) is 4.08. The Bertz CT molecular complexity index is 697. The molecule has 1 heterocycles. The predicted molar refractivity (Wildman–Crippen MR) is 62.6 cm³/mol. The Morgan fingerprint density at radius 2 is 1.88 bits per heavy atom. The van der Waals surface area contributed by atoms with E-state index in [2.05, 4.69) is 25.1 Å². The maximum absolute atomic E-state index is 5.83. The van der Waals surface area contributed by atoms with E-state index in [4.69, 9.17) is 9.83 Å². The smallest absolute Gasteiger partial charge is 0.200 e. The van der Waals surface area contributed by atoms with Crippen LogP contribution in [0.4, 0.5) is 0 Å². The van der Waals surface area contributed by atoms with E-state index in [1.165, 1.54) is 5.56 Å². The number of hydrogen-bond donors (Lipinski definition) is 1. The molecule has 0 radical (unpaired) electrons. The average Bonchev–Trinajstić information content (AvgIpc) is 2.26. The van der Waals surface area contributed by atoms with E-state index in [0.29, 0.717) is 0 Å². The SMILES string of the molecule is Cc1ccc2cc3ccc(=[NH2+])cc-3oc2c1. The van der Waals surface area contributed by atoms with Crippen LogP contribution in [0.15, 0.2) is 46.9 Å². The van der Waals surface area contributed by atoms with Crippen LogP contribution in [0.25, 0.3) is 22.3 Å². The van der Waals surface area contributed by atoms with Crippen molar-refractivity contribution in [2.24, 2.45) is 0 Å². The number of benzene rings is 2. The molecule has 0 bridgehead atoms. The van der Waals surface area contributed by atoms with Crippen molar-refractivity contribution < 1.29 is 9.83 Å². The summed E-state index contributed by atoms with van der Waals surface area (Å²) in [6, 6.07) is 14.0. The van der Waals surface area contributed by atoms with Gasteiger partial charge in [-0.2, -0.15) is 0 Å². The van der Waals surface area contributed by atoms with Crippen LogP contribution in [0, 0.1) is 6.92 Å². The molecule has 1 aliphatic carbocycles. The fourth-order valence-corrected chi connectivity index (χ4v) is 1.89. The molecule has 1 aromatic rings. The fourth-order valence-electron chi connectivity index (χ4n) is 1.89. The molecule has 2 N–H and O–H groups in total. The summed E-state index contributed by atoms with van der Waals surface area (Å²) in [5.74, 6) is 0.832. The Hall–Kier alpha value is -2.09. The van der Waals surface area contributed by atoms with Crippen molar-refractivity contribution in [1.82, 2.24) is 0 Å². The molecule has 0 atom stereocenters. The first-order valence-electron chi connectivity index (χ1n) is 5.25. The van der Waals surface area contributed by atoms with Crippen molar-refractivity contribution in [1.29, 1.82) is 0 Å². The van der Waals surface area contributed by atoms with Crippen LogP contribution < -0.4 is 10.8 Å². The lowest BCUT2D eigenvalue weighted by Gasteiger charge is -2.06. The molecule has 0 amide bonds. The Kier molecular flexibility index (Phi) is 1.83. The molecule has 0 spiro atoms. The van der Waals surface area contributed by atoms with E-state index in [1.54, 1.807) is 0 Å². The molecule has 1 aliphatic heterocycles. The zero-order valence-corrected chi connectivity index (χ0v) is 9.03. The van der Waals surface area contributed by atoms with Crippen molar-refractivity contribution >= 4 is 11.0 Å². The monoisotopic (exact) mass is 210 g/mol. The largest absolute Gasteiger partial charge is 0.456 e. The zero-order valence-electron chi connectivity index (χ0n) is 9.03. The van der Waals surface area contributed by atoms with E-state index in [1.807, 2.05) is 24.3 Å². The highest BCUT2D eigenvalue weighted by Crippen LogP contribution is 2.26. The Labute approximate surface area is 93.0 Å². The van der Waals surface area contributed by atoms with Crippen LogP contribution in [0.2, 0.25) is 0 Å². The molecule has 0 fully saturated rings. The lowest BCUT2D eigenvalue weighted by molar-refractivity contribution is -0.172. The number of fused-ring (bicyclic) bond motifs is 2. The summed E-state index contributed by atoms with van der Waals surface area (Å²) in [6.45, 7) is 2.05. The van der Waals surface area contributed by atoms with E-state index in [-0.39, 0.29) is 0 Å². The Morgan fingerprint density at radius 3 is 2.75 bits per heavy atom. The summed E-state index contributed by atoms with van der Waals surface area (Å²) in [4.78, 5) is 0. The first-order chi connectivity index (χ1) is 7.72. The van der Waals surface area contributed by atoms with Gasteiger partial charge < -0.3 is 4.42 Å². The van der Waals surface area contributed by atoms with Crippen LogP contribution >= 0.6 is 0 Å². The van der Waals surface area contributed by atoms with Gasteiger partial charge in [0.2, 0.25) is 0 Å². The maximum Gasteiger partial charge on any atom is 0.200 e. The van der Waals surface area contributed by atoms with E-state index in [0.717, 1.165) is 27.7 Å². The van der Waals surface area contributed by atoms with Crippen molar-refractivity contribution in [3.8, 4) is 11.3 Å². The van der Waals surface area contributed by atoms with Gasteiger partial charge in [-0.05, 0) is 30.7 Å². The van der Waals surface area contributed by atoms with Gasteiger partial charge in [0.05, 0.1) is 6.07 Å².